The molecular formula is C23H24NO+. The number of ether oxygens (including phenoxy) is 1. The Balaban J connectivity index is 1.72. The highest BCUT2D eigenvalue weighted by Gasteiger charge is 2.15. The number of methoxy groups -OCH3 is 1. The van der Waals surface area contributed by atoms with Crippen LogP contribution in [0.1, 0.15) is 22.7 Å². The molecule has 2 N–H and O–H groups in total. The molecule has 0 fully saturated rings. The Bertz CT molecular complexity index is 757. The van der Waals surface area contributed by atoms with E-state index in [1.54, 1.807) is 7.11 Å². The zero-order valence-electron chi connectivity index (χ0n) is 14.5. The van der Waals surface area contributed by atoms with Crippen LogP contribution in [-0.4, -0.2) is 13.7 Å². The van der Waals surface area contributed by atoms with Crippen molar-refractivity contribution >= 4 is 6.08 Å². The quantitative estimate of drug-likeness (QED) is 0.694. The first-order valence-corrected chi connectivity index (χ1v) is 8.61. The summed E-state index contributed by atoms with van der Waals surface area (Å²) in [4.78, 5) is 0. The zero-order valence-corrected chi connectivity index (χ0v) is 14.5. The Morgan fingerprint density at radius 1 is 0.800 bits per heavy atom. The summed E-state index contributed by atoms with van der Waals surface area (Å²) in [6.07, 6.45) is 4.32. The van der Waals surface area contributed by atoms with Crippen LogP contribution in [0, 0.1) is 0 Å². The molecule has 0 aliphatic carbocycles. The summed E-state index contributed by atoms with van der Waals surface area (Å²) < 4.78 is 5.40. The van der Waals surface area contributed by atoms with Crippen molar-refractivity contribution in [3.63, 3.8) is 0 Å². The maximum atomic E-state index is 5.40. The van der Waals surface area contributed by atoms with Crippen molar-refractivity contribution < 1.29 is 10.1 Å². The average Bonchev–Trinajstić information content (AvgIpc) is 2.69. The first-order chi connectivity index (χ1) is 12.4. The van der Waals surface area contributed by atoms with Crippen molar-refractivity contribution in [3.05, 3.63) is 108 Å². The Hall–Kier alpha value is -2.84. The van der Waals surface area contributed by atoms with Crippen LogP contribution in [0.15, 0.2) is 91.0 Å². The molecule has 0 bridgehead atoms. The fourth-order valence-corrected chi connectivity index (χ4v) is 3.00. The number of nitrogens with two attached hydrogens (primary N) is 1. The van der Waals surface area contributed by atoms with Gasteiger partial charge in [0.05, 0.1) is 13.7 Å². The normalized spacial score (nSPS) is 11.1. The molecule has 3 rings (SSSR count). The molecule has 0 aliphatic rings. The number of hydrogen-bond acceptors (Lipinski definition) is 1. The lowest BCUT2D eigenvalue weighted by atomic mass is 9.99. The molecule has 3 aromatic carbocycles. The van der Waals surface area contributed by atoms with Gasteiger partial charge in [0.15, 0.2) is 0 Å². The predicted octanol–water partition coefficient (Wildman–Crippen LogP) is 4.06. The van der Waals surface area contributed by atoms with Gasteiger partial charge >= 0.3 is 0 Å². The summed E-state index contributed by atoms with van der Waals surface area (Å²) >= 11 is 0. The van der Waals surface area contributed by atoms with Gasteiger partial charge in [-0.05, 0) is 18.2 Å². The van der Waals surface area contributed by atoms with Crippen molar-refractivity contribution in [2.24, 2.45) is 0 Å². The van der Waals surface area contributed by atoms with Crippen LogP contribution < -0.4 is 10.1 Å². The minimum absolute atomic E-state index is 0.296. The zero-order chi connectivity index (χ0) is 17.3. The number of quaternary nitrogens is 1. The van der Waals surface area contributed by atoms with E-state index in [0.29, 0.717) is 6.04 Å². The number of para-hydroxylation sites is 1. The van der Waals surface area contributed by atoms with Crippen LogP contribution in [0.4, 0.5) is 0 Å². The molecule has 0 saturated heterocycles. The van der Waals surface area contributed by atoms with E-state index >= 15 is 0 Å². The highest BCUT2D eigenvalue weighted by molar-refractivity contribution is 5.57. The number of benzene rings is 3. The van der Waals surface area contributed by atoms with Crippen molar-refractivity contribution in [1.29, 1.82) is 0 Å². The molecule has 0 aliphatic heterocycles. The van der Waals surface area contributed by atoms with E-state index in [0.717, 1.165) is 17.9 Å². The third kappa shape index (κ3) is 4.59. The summed E-state index contributed by atoms with van der Waals surface area (Å²) in [5.41, 5.74) is 3.74. The van der Waals surface area contributed by atoms with Gasteiger partial charge in [0.1, 0.15) is 11.8 Å². The lowest BCUT2D eigenvalue weighted by molar-refractivity contribution is -0.678. The van der Waals surface area contributed by atoms with E-state index in [4.69, 9.17) is 4.74 Å². The summed E-state index contributed by atoms with van der Waals surface area (Å²) in [5, 5.41) is 2.36. The average molecular weight is 330 g/mol. The largest absolute Gasteiger partial charge is 0.496 e. The number of rotatable bonds is 7. The Kier molecular flexibility index (Phi) is 6.02. The van der Waals surface area contributed by atoms with E-state index in [1.165, 1.54) is 11.1 Å². The van der Waals surface area contributed by atoms with Gasteiger partial charge in [-0.1, -0.05) is 78.9 Å². The molecule has 3 aromatic rings. The maximum Gasteiger partial charge on any atom is 0.138 e. The second kappa shape index (κ2) is 8.86. The van der Waals surface area contributed by atoms with Crippen LogP contribution in [0.25, 0.3) is 6.08 Å². The van der Waals surface area contributed by atoms with Gasteiger partial charge < -0.3 is 10.1 Å². The predicted molar refractivity (Wildman–Crippen MR) is 104 cm³/mol. The second-order valence-corrected chi connectivity index (χ2v) is 5.91. The van der Waals surface area contributed by atoms with E-state index < -0.39 is 0 Å². The second-order valence-electron chi connectivity index (χ2n) is 5.91. The summed E-state index contributed by atoms with van der Waals surface area (Å²) in [6.45, 7) is 0.895. The van der Waals surface area contributed by atoms with Crippen LogP contribution in [0.2, 0.25) is 0 Å². The Morgan fingerprint density at radius 2 is 1.36 bits per heavy atom. The van der Waals surface area contributed by atoms with Crippen molar-refractivity contribution in [2.45, 2.75) is 6.04 Å². The number of hydrogen-bond donors (Lipinski definition) is 1. The standard InChI is InChI=1S/C23H23NO/c1-25-22-17-9-8-11-19(22)16-10-18-24-23(20-12-4-2-5-13-20)21-14-6-3-7-15-21/h2-17,23-24H,18H2,1H3/p+1/b16-10+. The van der Waals surface area contributed by atoms with Gasteiger partial charge in [-0.2, -0.15) is 0 Å². The van der Waals surface area contributed by atoms with Crippen LogP contribution in [-0.2, 0) is 0 Å². The minimum atomic E-state index is 0.296. The lowest BCUT2D eigenvalue weighted by Crippen LogP contribution is -2.85. The van der Waals surface area contributed by atoms with Gasteiger partial charge in [-0.15, -0.1) is 0 Å². The highest BCUT2D eigenvalue weighted by Crippen LogP contribution is 2.19. The summed E-state index contributed by atoms with van der Waals surface area (Å²) in [7, 11) is 1.71. The van der Waals surface area contributed by atoms with Gasteiger partial charge in [0.2, 0.25) is 0 Å². The van der Waals surface area contributed by atoms with Gasteiger partial charge in [0.25, 0.3) is 0 Å². The first kappa shape index (κ1) is 17.0. The van der Waals surface area contributed by atoms with Crippen molar-refractivity contribution in [3.8, 4) is 5.75 Å². The van der Waals surface area contributed by atoms with E-state index in [1.807, 2.05) is 18.2 Å². The molecule has 126 valence electrons. The van der Waals surface area contributed by atoms with Crippen molar-refractivity contribution in [2.75, 3.05) is 13.7 Å². The van der Waals surface area contributed by atoms with E-state index in [2.05, 4.69) is 84.2 Å². The maximum absolute atomic E-state index is 5.40. The van der Waals surface area contributed by atoms with E-state index in [9.17, 15) is 0 Å². The lowest BCUT2D eigenvalue weighted by Gasteiger charge is -2.15. The molecule has 0 aromatic heterocycles. The van der Waals surface area contributed by atoms with Crippen molar-refractivity contribution in [1.82, 2.24) is 0 Å². The minimum Gasteiger partial charge on any atom is -0.496 e. The molecule has 2 heteroatoms. The van der Waals surface area contributed by atoms with Crippen LogP contribution >= 0.6 is 0 Å². The summed E-state index contributed by atoms with van der Waals surface area (Å²) in [5.74, 6) is 0.904. The molecule has 0 saturated carbocycles. The first-order valence-electron chi connectivity index (χ1n) is 8.61. The fraction of sp³-hybridized carbons (Fsp3) is 0.130. The SMILES string of the molecule is COc1ccccc1/C=C/C[NH2+]C(c1ccccc1)c1ccccc1. The molecule has 0 atom stereocenters. The van der Waals surface area contributed by atoms with Gasteiger partial charge in [-0.3, -0.25) is 0 Å². The molecule has 0 spiro atoms. The molecular weight excluding hydrogens is 306 g/mol. The molecule has 25 heavy (non-hydrogen) atoms. The van der Waals surface area contributed by atoms with Gasteiger partial charge in [0, 0.05) is 16.7 Å². The Labute approximate surface area is 149 Å². The Morgan fingerprint density at radius 3 is 1.96 bits per heavy atom. The van der Waals surface area contributed by atoms with Gasteiger partial charge in [-0.25, -0.2) is 0 Å². The smallest absolute Gasteiger partial charge is 0.138 e. The highest BCUT2D eigenvalue weighted by atomic mass is 16.5. The molecule has 0 amide bonds. The topological polar surface area (TPSA) is 25.8 Å². The fourth-order valence-electron chi connectivity index (χ4n) is 3.00. The molecule has 0 radical (unpaired) electrons. The molecule has 0 unspecified atom stereocenters. The third-order valence-electron chi connectivity index (χ3n) is 4.26. The molecule has 0 heterocycles. The van der Waals surface area contributed by atoms with Crippen LogP contribution in [0.5, 0.6) is 5.75 Å². The third-order valence-corrected chi connectivity index (χ3v) is 4.26. The molecule has 2 nitrogen and oxygen atoms in total. The monoisotopic (exact) mass is 330 g/mol. The van der Waals surface area contributed by atoms with E-state index in [-0.39, 0.29) is 0 Å². The van der Waals surface area contributed by atoms with Crippen LogP contribution in [0.3, 0.4) is 0 Å². The summed E-state index contributed by atoms with van der Waals surface area (Å²) in [6, 6.07) is 29.7.